The molecule has 0 spiro atoms. The highest BCUT2D eigenvalue weighted by molar-refractivity contribution is 5.66. The van der Waals surface area contributed by atoms with Crippen molar-refractivity contribution in [2.45, 2.75) is 71.2 Å². The number of ether oxygens (including phenoxy) is 1. The summed E-state index contributed by atoms with van der Waals surface area (Å²) >= 11 is 0. The van der Waals surface area contributed by atoms with Crippen LogP contribution in [0.25, 0.3) is 0 Å². The third-order valence-corrected chi connectivity index (χ3v) is 7.81. The molecule has 0 heterocycles. The van der Waals surface area contributed by atoms with Gasteiger partial charge in [-0.1, -0.05) is 37.6 Å². The molecule has 2 saturated carbocycles. The van der Waals surface area contributed by atoms with E-state index in [1.54, 1.807) is 0 Å². The van der Waals surface area contributed by atoms with Gasteiger partial charge >= 0.3 is 5.97 Å². The number of hydrogen-bond donors (Lipinski definition) is 2. The minimum Gasteiger partial charge on any atom is -0.462 e. The molecule has 4 heteroatoms. The van der Waals surface area contributed by atoms with Crippen LogP contribution in [0.4, 0.5) is 0 Å². The van der Waals surface area contributed by atoms with Crippen molar-refractivity contribution < 1.29 is 19.7 Å². The van der Waals surface area contributed by atoms with Gasteiger partial charge in [-0.25, -0.2) is 0 Å². The minimum atomic E-state index is -0.407. The molecule has 4 aliphatic rings. The number of esters is 1. The summed E-state index contributed by atoms with van der Waals surface area (Å²) in [4.78, 5) is 11.8. The molecule has 4 unspecified atom stereocenters. The quantitative estimate of drug-likeness (QED) is 0.566. The van der Waals surface area contributed by atoms with Gasteiger partial charge in [-0.3, -0.25) is 4.79 Å². The van der Waals surface area contributed by atoms with Crippen molar-refractivity contribution in [3.63, 3.8) is 0 Å². The summed E-state index contributed by atoms with van der Waals surface area (Å²) in [5, 5.41) is 20.7. The van der Waals surface area contributed by atoms with Crippen LogP contribution in [0.2, 0.25) is 0 Å². The van der Waals surface area contributed by atoms with E-state index in [4.69, 9.17) is 4.74 Å². The Kier molecular flexibility index (Phi) is 3.93. The second-order valence-corrected chi connectivity index (χ2v) is 9.12. The highest BCUT2D eigenvalue weighted by Gasteiger charge is 2.59. The van der Waals surface area contributed by atoms with Crippen LogP contribution in [0.3, 0.4) is 0 Å². The van der Waals surface area contributed by atoms with Gasteiger partial charge in [-0.15, -0.1) is 0 Å². The van der Waals surface area contributed by atoms with Gasteiger partial charge in [0.05, 0.1) is 12.2 Å². The van der Waals surface area contributed by atoms with Crippen LogP contribution in [0, 0.1) is 28.6 Å². The van der Waals surface area contributed by atoms with Gasteiger partial charge in [0.15, 0.2) is 0 Å². The van der Waals surface area contributed by atoms with Gasteiger partial charge in [0, 0.05) is 23.7 Å². The maximum atomic E-state index is 11.8. The predicted molar refractivity (Wildman–Crippen MR) is 94.6 cm³/mol. The molecule has 25 heavy (non-hydrogen) atoms. The first-order valence-corrected chi connectivity index (χ1v) is 9.69. The fraction of sp³-hybridized carbons (Fsp3) is 0.762. The molecule has 2 fully saturated rings. The highest BCUT2D eigenvalue weighted by atomic mass is 16.5. The summed E-state index contributed by atoms with van der Waals surface area (Å²) in [5.41, 5.74) is 1.18. The zero-order chi connectivity index (χ0) is 18.0. The monoisotopic (exact) mass is 346 g/mol. The third kappa shape index (κ3) is 2.44. The molecule has 0 aromatic rings. The van der Waals surface area contributed by atoms with Crippen molar-refractivity contribution in [1.82, 2.24) is 0 Å². The first kappa shape index (κ1) is 17.3. The Labute approximate surface area is 149 Å². The molecule has 2 N–H and O–H groups in total. The zero-order valence-corrected chi connectivity index (χ0v) is 15.4. The molecular weight excluding hydrogens is 316 g/mol. The van der Waals surface area contributed by atoms with Crippen molar-refractivity contribution >= 4 is 5.97 Å². The molecule has 0 amide bonds. The lowest BCUT2D eigenvalue weighted by Crippen LogP contribution is -2.53. The van der Waals surface area contributed by atoms with Crippen LogP contribution in [-0.2, 0) is 9.53 Å². The Hall–Kier alpha value is -1.13. The van der Waals surface area contributed by atoms with E-state index in [2.05, 4.69) is 26.0 Å². The Balaban J connectivity index is 1.79. The summed E-state index contributed by atoms with van der Waals surface area (Å²) in [6, 6.07) is 0. The fourth-order valence-corrected chi connectivity index (χ4v) is 6.34. The number of allylic oxidation sites excluding steroid dienone is 2. The molecule has 4 aliphatic carbocycles. The molecular formula is C21H30O4. The second kappa shape index (κ2) is 5.68. The van der Waals surface area contributed by atoms with E-state index in [1.807, 2.05) is 6.08 Å². The Morgan fingerprint density at radius 2 is 2.00 bits per heavy atom. The van der Waals surface area contributed by atoms with Gasteiger partial charge < -0.3 is 14.9 Å². The first-order valence-electron chi connectivity index (χ1n) is 9.69. The normalized spacial score (nSPS) is 51.2. The average Bonchev–Trinajstić information content (AvgIpc) is 2.84. The van der Waals surface area contributed by atoms with Crippen molar-refractivity contribution in [3.8, 4) is 0 Å². The van der Waals surface area contributed by atoms with Gasteiger partial charge in [-0.05, 0) is 43.9 Å². The van der Waals surface area contributed by atoms with Crippen LogP contribution in [0.15, 0.2) is 23.8 Å². The van der Waals surface area contributed by atoms with Crippen molar-refractivity contribution in [1.29, 1.82) is 0 Å². The van der Waals surface area contributed by atoms with Crippen molar-refractivity contribution in [2.24, 2.45) is 28.6 Å². The first-order chi connectivity index (χ1) is 11.8. The van der Waals surface area contributed by atoms with E-state index < -0.39 is 6.10 Å². The zero-order valence-electron chi connectivity index (χ0n) is 15.4. The van der Waals surface area contributed by atoms with Crippen LogP contribution in [0.5, 0.6) is 0 Å². The van der Waals surface area contributed by atoms with Gasteiger partial charge in [-0.2, -0.15) is 0 Å². The summed E-state index contributed by atoms with van der Waals surface area (Å²) in [6.07, 6.45) is 9.83. The largest absolute Gasteiger partial charge is 0.462 e. The molecule has 4 nitrogen and oxygen atoms in total. The molecule has 4 rings (SSSR count). The second-order valence-electron chi connectivity index (χ2n) is 9.12. The van der Waals surface area contributed by atoms with Crippen LogP contribution >= 0.6 is 0 Å². The minimum absolute atomic E-state index is 0.0740. The summed E-state index contributed by atoms with van der Waals surface area (Å²) in [6.45, 7) is 5.96. The maximum Gasteiger partial charge on any atom is 0.302 e. The third-order valence-electron chi connectivity index (χ3n) is 7.81. The number of fused-ring (bicyclic) bond motifs is 5. The van der Waals surface area contributed by atoms with E-state index in [-0.39, 0.29) is 40.8 Å². The Bertz CT molecular complexity index is 638. The van der Waals surface area contributed by atoms with Crippen molar-refractivity contribution in [2.75, 3.05) is 0 Å². The smallest absolute Gasteiger partial charge is 0.302 e. The van der Waals surface area contributed by atoms with Crippen LogP contribution < -0.4 is 0 Å². The molecule has 0 aromatic heterocycles. The number of aliphatic hydroxyl groups excluding tert-OH is 2. The molecule has 8 atom stereocenters. The Morgan fingerprint density at radius 1 is 1.24 bits per heavy atom. The predicted octanol–water partition coefficient (Wildman–Crippen LogP) is 2.99. The molecule has 0 aliphatic heterocycles. The number of hydrogen-bond acceptors (Lipinski definition) is 4. The van der Waals surface area contributed by atoms with E-state index in [1.165, 1.54) is 12.5 Å². The fourth-order valence-electron chi connectivity index (χ4n) is 6.34. The van der Waals surface area contributed by atoms with Crippen LogP contribution in [-0.4, -0.2) is 34.5 Å². The summed E-state index contributed by atoms with van der Waals surface area (Å²) in [7, 11) is 0. The van der Waals surface area contributed by atoms with Crippen LogP contribution in [0.1, 0.15) is 52.9 Å². The lowest BCUT2D eigenvalue weighted by molar-refractivity contribution is -0.156. The Morgan fingerprint density at radius 3 is 2.72 bits per heavy atom. The lowest BCUT2D eigenvalue weighted by atomic mass is 9.49. The number of carbonyl (C=O) groups excluding carboxylic acids is 1. The van der Waals surface area contributed by atoms with E-state index in [0.29, 0.717) is 5.92 Å². The molecule has 138 valence electrons. The maximum absolute atomic E-state index is 11.8. The number of rotatable bonds is 1. The number of aliphatic hydroxyl groups is 2. The molecule has 0 aromatic carbocycles. The van der Waals surface area contributed by atoms with E-state index in [0.717, 1.165) is 32.1 Å². The summed E-state index contributed by atoms with van der Waals surface area (Å²) < 4.78 is 5.81. The van der Waals surface area contributed by atoms with E-state index in [9.17, 15) is 15.0 Å². The van der Waals surface area contributed by atoms with Gasteiger partial charge in [0.1, 0.15) is 6.10 Å². The standard InChI is InChI=1S/C21H30O4/c1-12(22)25-17-11-13-10-14(23)6-8-20(13,2)16-7-9-21(3)15(19(16)17)4-5-18(21)24/h6-8,13-15,17-19,23-24H,4-5,9-11H2,1-3H3/t13?,14?,15-,17?,18?,19-,20-,21-/m0/s1. The van der Waals surface area contributed by atoms with E-state index >= 15 is 0 Å². The SMILES string of the molecule is CC(=O)OC1CC2CC(O)C=C[C@]2(C)C2=CC[C@]3(C)C(O)CC[C@H]3[C@@H]21. The van der Waals surface area contributed by atoms with Gasteiger partial charge in [0.25, 0.3) is 0 Å². The molecule has 0 radical (unpaired) electrons. The average molecular weight is 346 g/mol. The van der Waals surface area contributed by atoms with Gasteiger partial charge in [0.2, 0.25) is 0 Å². The summed E-state index contributed by atoms with van der Waals surface area (Å²) in [5.74, 6) is 0.589. The van der Waals surface area contributed by atoms with Crippen molar-refractivity contribution in [3.05, 3.63) is 23.8 Å². The number of carbonyl (C=O) groups is 1. The lowest BCUT2D eigenvalue weighted by Gasteiger charge is -2.56. The topological polar surface area (TPSA) is 66.8 Å². The molecule has 0 saturated heterocycles. The molecule has 0 bridgehead atoms. The highest BCUT2D eigenvalue weighted by Crippen LogP contribution is 2.63.